The van der Waals surface area contributed by atoms with Gasteiger partial charge in [-0.3, -0.25) is 9.59 Å². The number of likely N-dealkylation sites (N-methyl/N-ethyl adjacent to an activating group) is 1. The van der Waals surface area contributed by atoms with Gasteiger partial charge < -0.3 is 15.1 Å². The maximum Gasteiger partial charge on any atom is 0.239 e. The minimum absolute atomic E-state index is 0.0534. The molecule has 5 nitrogen and oxygen atoms in total. The van der Waals surface area contributed by atoms with E-state index in [1.807, 2.05) is 30.6 Å². The summed E-state index contributed by atoms with van der Waals surface area (Å²) in [7, 11) is 0. The van der Waals surface area contributed by atoms with Crippen molar-refractivity contribution in [2.24, 2.45) is 0 Å². The Kier molecular flexibility index (Phi) is 6.84. The molecule has 0 aromatic carbocycles. The van der Waals surface area contributed by atoms with Gasteiger partial charge in [0.05, 0.1) is 6.04 Å². The molecule has 110 valence electrons. The van der Waals surface area contributed by atoms with Crippen molar-refractivity contribution in [1.29, 1.82) is 0 Å². The Morgan fingerprint density at radius 2 is 2.05 bits per heavy atom. The maximum atomic E-state index is 12.2. The standard InChI is InChI=1S/C14H27N3O2/c1-4-15-12-8-7-10-17(14(12)19)11-9-13(18)16(5-2)6-3/h12,15H,4-11H2,1-3H3. The highest BCUT2D eigenvalue weighted by Crippen LogP contribution is 2.12. The fourth-order valence-corrected chi connectivity index (χ4v) is 2.56. The number of amides is 2. The second kappa shape index (κ2) is 8.15. The van der Waals surface area contributed by atoms with E-state index in [1.54, 1.807) is 0 Å². The Hall–Kier alpha value is -1.10. The van der Waals surface area contributed by atoms with E-state index in [2.05, 4.69) is 5.32 Å². The lowest BCUT2D eigenvalue weighted by Gasteiger charge is -2.33. The van der Waals surface area contributed by atoms with Crippen LogP contribution in [0.3, 0.4) is 0 Å². The third-order valence-electron chi connectivity index (χ3n) is 3.69. The number of hydrogen-bond acceptors (Lipinski definition) is 3. The lowest BCUT2D eigenvalue weighted by atomic mass is 10.0. The van der Waals surface area contributed by atoms with Gasteiger partial charge in [0.2, 0.25) is 11.8 Å². The van der Waals surface area contributed by atoms with Crippen LogP contribution in [0.15, 0.2) is 0 Å². The van der Waals surface area contributed by atoms with Crippen molar-refractivity contribution in [3.05, 3.63) is 0 Å². The smallest absolute Gasteiger partial charge is 0.239 e. The third-order valence-corrected chi connectivity index (χ3v) is 3.69. The largest absolute Gasteiger partial charge is 0.343 e. The summed E-state index contributed by atoms with van der Waals surface area (Å²) in [6, 6.07) is -0.0534. The average Bonchev–Trinajstić information content (AvgIpc) is 2.41. The monoisotopic (exact) mass is 269 g/mol. The van der Waals surface area contributed by atoms with E-state index in [1.165, 1.54) is 0 Å². The van der Waals surface area contributed by atoms with Crippen molar-refractivity contribution in [3.63, 3.8) is 0 Å². The Labute approximate surface area is 116 Å². The zero-order valence-electron chi connectivity index (χ0n) is 12.4. The van der Waals surface area contributed by atoms with Crippen molar-refractivity contribution < 1.29 is 9.59 Å². The summed E-state index contributed by atoms with van der Waals surface area (Å²) >= 11 is 0. The molecule has 1 saturated heterocycles. The van der Waals surface area contributed by atoms with Crippen molar-refractivity contribution in [1.82, 2.24) is 15.1 Å². The lowest BCUT2D eigenvalue weighted by molar-refractivity contribution is -0.137. The third kappa shape index (κ3) is 4.49. The summed E-state index contributed by atoms with van der Waals surface area (Å²) in [5.41, 5.74) is 0. The molecule has 2 amide bonds. The molecule has 1 N–H and O–H groups in total. The molecule has 0 aromatic rings. The van der Waals surface area contributed by atoms with Gasteiger partial charge in [-0.1, -0.05) is 6.92 Å². The van der Waals surface area contributed by atoms with Crippen LogP contribution in [0.5, 0.6) is 0 Å². The predicted molar refractivity (Wildman–Crippen MR) is 75.8 cm³/mol. The highest BCUT2D eigenvalue weighted by molar-refractivity contribution is 5.83. The summed E-state index contributed by atoms with van der Waals surface area (Å²) in [5.74, 6) is 0.295. The fourth-order valence-electron chi connectivity index (χ4n) is 2.56. The predicted octanol–water partition coefficient (Wildman–Crippen LogP) is 0.845. The van der Waals surface area contributed by atoms with Gasteiger partial charge >= 0.3 is 0 Å². The first-order valence-electron chi connectivity index (χ1n) is 7.43. The van der Waals surface area contributed by atoms with E-state index in [0.29, 0.717) is 13.0 Å². The Morgan fingerprint density at radius 3 is 2.63 bits per heavy atom. The molecule has 1 unspecified atom stereocenters. The van der Waals surface area contributed by atoms with Crippen molar-refractivity contribution in [3.8, 4) is 0 Å². The van der Waals surface area contributed by atoms with E-state index in [9.17, 15) is 9.59 Å². The van der Waals surface area contributed by atoms with E-state index >= 15 is 0 Å². The first-order valence-corrected chi connectivity index (χ1v) is 7.43. The molecule has 0 radical (unpaired) electrons. The molecule has 1 heterocycles. The second-order valence-corrected chi connectivity index (χ2v) is 4.89. The molecule has 0 aromatic heterocycles. The first kappa shape index (κ1) is 16.0. The normalized spacial score (nSPS) is 19.6. The van der Waals surface area contributed by atoms with Gasteiger partial charge in [-0.2, -0.15) is 0 Å². The van der Waals surface area contributed by atoms with Gasteiger partial charge in [0, 0.05) is 32.6 Å². The van der Waals surface area contributed by atoms with Gasteiger partial charge in [0.25, 0.3) is 0 Å². The van der Waals surface area contributed by atoms with E-state index in [4.69, 9.17) is 0 Å². The molecule has 1 fully saturated rings. The van der Waals surface area contributed by atoms with Gasteiger partial charge in [-0.15, -0.1) is 0 Å². The minimum atomic E-state index is -0.0534. The number of carbonyl (C=O) groups excluding carboxylic acids is 2. The molecule has 1 atom stereocenters. The van der Waals surface area contributed by atoms with E-state index in [-0.39, 0.29) is 17.9 Å². The second-order valence-electron chi connectivity index (χ2n) is 4.89. The van der Waals surface area contributed by atoms with Crippen LogP contribution >= 0.6 is 0 Å². The van der Waals surface area contributed by atoms with Crippen LogP contribution in [-0.4, -0.2) is 60.4 Å². The molecule has 1 aliphatic heterocycles. The molecule has 0 saturated carbocycles. The zero-order chi connectivity index (χ0) is 14.3. The minimum Gasteiger partial charge on any atom is -0.343 e. The summed E-state index contributed by atoms with van der Waals surface area (Å²) in [6.07, 6.45) is 2.36. The molecular weight excluding hydrogens is 242 g/mol. The van der Waals surface area contributed by atoms with Gasteiger partial charge in [0.15, 0.2) is 0 Å². The quantitative estimate of drug-likeness (QED) is 0.745. The summed E-state index contributed by atoms with van der Waals surface area (Å²) < 4.78 is 0. The van der Waals surface area contributed by atoms with Gasteiger partial charge in [0.1, 0.15) is 0 Å². The molecule has 19 heavy (non-hydrogen) atoms. The lowest BCUT2D eigenvalue weighted by Crippen LogP contribution is -2.51. The van der Waals surface area contributed by atoms with Crippen LogP contribution in [-0.2, 0) is 9.59 Å². The Morgan fingerprint density at radius 1 is 1.37 bits per heavy atom. The summed E-state index contributed by atoms with van der Waals surface area (Å²) in [5, 5.41) is 3.21. The van der Waals surface area contributed by atoms with Crippen LogP contribution in [0, 0.1) is 0 Å². The molecular formula is C14H27N3O2. The Bertz CT molecular complexity index is 301. The highest BCUT2D eigenvalue weighted by atomic mass is 16.2. The fraction of sp³-hybridized carbons (Fsp3) is 0.857. The van der Waals surface area contributed by atoms with E-state index < -0.39 is 0 Å². The number of likely N-dealkylation sites (tertiary alicyclic amines) is 1. The number of carbonyl (C=O) groups is 2. The molecule has 0 aliphatic carbocycles. The van der Waals surface area contributed by atoms with Crippen LogP contribution in [0.2, 0.25) is 0 Å². The number of piperidine rings is 1. The molecule has 1 rings (SSSR count). The van der Waals surface area contributed by atoms with Crippen molar-refractivity contribution >= 4 is 11.8 Å². The topological polar surface area (TPSA) is 52.7 Å². The molecule has 1 aliphatic rings. The molecule has 0 bridgehead atoms. The van der Waals surface area contributed by atoms with Crippen LogP contribution < -0.4 is 5.32 Å². The van der Waals surface area contributed by atoms with Crippen molar-refractivity contribution in [2.45, 2.75) is 46.1 Å². The summed E-state index contributed by atoms with van der Waals surface area (Å²) in [4.78, 5) is 27.8. The van der Waals surface area contributed by atoms with Crippen LogP contribution in [0.25, 0.3) is 0 Å². The van der Waals surface area contributed by atoms with Gasteiger partial charge in [-0.25, -0.2) is 0 Å². The van der Waals surface area contributed by atoms with Crippen molar-refractivity contribution in [2.75, 3.05) is 32.7 Å². The highest BCUT2D eigenvalue weighted by Gasteiger charge is 2.28. The average molecular weight is 269 g/mol. The van der Waals surface area contributed by atoms with E-state index in [0.717, 1.165) is 39.0 Å². The molecule has 5 heteroatoms. The number of nitrogens with zero attached hydrogens (tertiary/aromatic N) is 2. The summed E-state index contributed by atoms with van der Waals surface area (Å²) in [6.45, 7) is 9.59. The van der Waals surface area contributed by atoms with Gasteiger partial charge in [-0.05, 0) is 33.2 Å². The maximum absolute atomic E-state index is 12.2. The van der Waals surface area contributed by atoms with Crippen LogP contribution in [0.1, 0.15) is 40.0 Å². The Balaban J connectivity index is 2.43. The SMILES string of the molecule is CCNC1CCCN(CCC(=O)N(CC)CC)C1=O. The number of hydrogen-bond donors (Lipinski definition) is 1. The number of nitrogens with one attached hydrogen (secondary N) is 1. The first-order chi connectivity index (χ1) is 9.13. The molecule has 0 spiro atoms. The van der Waals surface area contributed by atoms with Crippen LogP contribution in [0.4, 0.5) is 0 Å². The number of rotatable bonds is 7. The zero-order valence-corrected chi connectivity index (χ0v) is 12.4.